The molecule has 0 aromatic heterocycles. The van der Waals surface area contributed by atoms with Crippen LogP contribution in [0.4, 0.5) is 0 Å². The Morgan fingerprint density at radius 1 is 1.09 bits per heavy atom. The normalized spacial score (nSPS) is 15.1. The first-order valence-electron chi connectivity index (χ1n) is 8.73. The number of nitrogens with one attached hydrogen (secondary N) is 2. The smallest absolute Gasteiger partial charge is 0.235 e. The van der Waals surface area contributed by atoms with Gasteiger partial charge in [-0.2, -0.15) is 0 Å². The highest BCUT2D eigenvalue weighted by Crippen LogP contribution is 2.20. The van der Waals surface area contributed by atoms with Crippen LogP contribution >= 0.6 is 0 Å². The second-order valence-corrected chi connectivity index (χ2v) is 6.70. The minimum absolute atomic E-state index is 0.182. The van der Waals surface area contributed by atoms with Gasteiger partial charge in [-0.3, -0.25) is 9.59 Å². The van der Waals surface area contributed by atoms with Crippen molar-refractivity contribution in [2.45, 2.75) is 72.1 Å². The summed E-state index contributed by atoms with van der Waals surface area (Å²) in [5.74, 6) is -0.366. The maximum atomic E-state index is 12.2. The summed E-state index contributed by atoms with van der Waals surface area (Å²) >= 11 is 0. The molecule has 4 heteroatoms. The summed E-state index contributed by atoms with van der Waals surface area (Å²) < 4.78 is 0. The lowest BCUT2D eigenvalue weighted by Crippen LogP contribution is -2.48. The Bertz CT molecular complexity index is 400. The SMILES string of the molecule is CCCCCNC(=O)C(C)(C)C(=O)NCCC1=CCCCC1. The zero-order valence-electron chi connectivity index (χ0n) is 14.5. The molecule has 2 N–H and O–H groups in total. The van der Waals surface area contributed by atoms with Gasteiger partial charge in [-0.1, -0.05) is 31.4 Å². The molecule has 0 aromatic carbocycles. The lowest BCUT2D eigenvalue weighted by Gasteiger charge is -2.23. The fraction of sp³-hybridized carbons (Fsp3) is 0.778. The van der Waals surface area contributed by atoms with Gasteiger partial charge in [-0.15, -0.1) is 0 Å². The minimum Gasteiger partial charge on any atom is -0.355 e. The molecular formula is C18H32N2O2. The molecule has 2 amide bonds. The van der Waals surface area contributed by atoms with Crippen molar-refractivity contribution in [1.82, 2.24) is 10.6 Å². The standard InChI is InChI=1S/C18H32N2O2/c1-4-5-9-13-19-16(21)18(2,3)17(22)20-14-12-15-10-7-6-8-11-15/h10H,4-9,11-14H2,1-3H3,(H,19,21)(H,20,22). The van der Waals surface area contributed by atoms with Gasteiger partial charge in [-0.05, 0) is 52.4 Å². The van der Waals surface area contributed by atoms with Crippen LogP contribution in [0, 0.1) is 5.41 Å². The third-order valence-electron chi connectivity index (χ3n) is 4.32. The summed E-state index contributed by atoms with van der Waals surface area (Å²) in [4.78, 5) is 24.4. The zero-order valence-corrected chi connectivity index (χ0v) is 14.5. The largest absolute Gasteiger partial charge is 0.355 e. The van der Waals surface area contributed by atoms with E-state index in [1.807, 2.05) is 0 Å². The Labute approximate surface area is 135 Å². The van der Waals surface area contributed by atoms with E-state index in [-0.39, 0.29) is 11.8 Å². The van der Waals surface area contributed by atoms with Crippen LogP contribution in [-0.4, -0.2) is 24.9 Å². The number of rotatable bonds is 9. The summed E-state index contributed by atoms with van der Waals surface area (Å²) in [5.41, 5.74) is 0.432. The van der Waals surface area contributed by atoms with Gasteiger partial charge >= 0.3 is 0 Å². The van der Waals surface area contributed by atoms with Gasteiger partial charge in [0.05, 0.1) is 0 Å². The third kappa shape index (κ3) is 6.20. The number of allylic oxidation sites excluding steroid dienone is 1. The van der Waals surface area contributed by atoms with E-state index in [0.29, 0.717) is 13.1 Å². The fourth-order valence-corrected chi connectivity index (χ4v) is 2.59. The first-order chi connectivity index (χ1) is 10.5. The van der Waals surface area contributed by atoms with E-state index < -0.39 is 5.41 Å². The first kappa shape index (κ1) is 18.7. The maximum absolute atomic E-state index is 12.2. The fourth-order valence-electron chi connectivity index (χ4n) is 2.59. The van der Waals surface area contributed by atoms with Gasteiger partial charge in [0, 0.05) is 13.1 Å². The van der Waals surface area contributed by atoms with Gasteiger partial charge < -0.3 is 10.6 Å². The van der Waals surface area contributed by atoms with Gasteiger partial charge in [0.15, 0.2) is 0 Å². The van der Waals surface area contributed by atoms with Gasteiger partial charge in [0.2, 0.25) is 11.8 Å². The predicted octanol–water partition coefficient (Wildman–Crippen LogP) is 3.33. The molecule has 1 aliphatic carbocycles. The summed E-state index contributed by atoms with van der Waals surface area (Å²) in [7, 11) is 0. The maximum Gasteiger partial charge on any atom is 0.235 e. The molecule has 1 rings (SSSR count). The first-order valence-corrected chi connectivity index (χ1v) is 8.73. The second kappa shape index (κ2) is 9.65. The molecule has 0 spiro atoms. The van der Waals surface area contributed by atoms with Crippen LogP contribution in [0.3, 0.4) is 0 Å². The highest BCUT2D eigenvalue weighted by atomic mass is 16.2. The molecular weight excluding hydrogens is 276 g/mol. The summed E-state index contributed by atoms with van der Waals surface area (Å²) in [5, 5.41) is 5.78. The number of unbranched alkanes of at least 4 members (excludes halogenated alkanes) is 2. The number of hydrogen-bond donors (Lipinski definition) is 2. The van der Waals surface area contributed by atoms with Crippen molar-refractivity contribution < 1.29 is 9.59 Å². The van der Waals surface area contributed by atoms with E-state index >= 15 is 0 Å². The van der Waals surface area contributed by atoms with Crippen LogP contribution in [0.25, 0.3) is 0 Å². The Balaban J connectivity index is 2.31. The van der Waals surface area contributed by atoms with Crippen LogP contribution in [-0.2, 0) is 9.59 Å². The molecule has 4 nitrogen and oxygen atoms in total. The molecule has 126 valence electrons. The highest BCUT2D eigenvalue weighted by molar-refractivity contribution is 6.04. The molecule has 0 heterocycles. The van der Waals surface area contributed by atoms with Crippen molar-refractivity contribution in [3.05, 3.63) is 11.6 Å². The van der Waals surface area contributed by atoms with Crippen molar-refractivity contribution >= 4 is 11.8 Å². The molecule has 0 saturated carbocycles. The van der Waals surface area contributed by atoms with Gasteiger partial charge in [0.25, 0.3) is 0 Å². The van der Waals surface area contributed by atoms with E-state index in [2.05, 4.69) is 23.6 Å². The predicted molar refractivity (Wildman–Crippen MR) is 90.5 cm³/mol. The highest BCUT2D eigenvalue weighted by Gasteiger charge is 2.35. The average molecular weight is 308 g/mol. The van der Waals surface area contributed by atoms with Gasteiger partial charge in [0.1, 0.15) is 5.41 Å². The van der Waals surface area contributed by atoms with Crippen LogP contribution in [0.1, 0.15) is 72.1 Å². The van der Waals surface area contributed by atoms with E-state index in [1.165, 1.54) is 18.4 Å². The average Bonchev–Trinajstić information content (AvgIpc) is 2.52. The van der Waals surface area contributed by atoms with Gasteiger partial charge in [-0.25, -0.2) is 0 Å². The molecule has 0 radical (unpaired) electrons. The number of carbonyl (C=O) groups excluding carboxylic acids is 2. The van der Waals surface area contributed by atoms with Crippen LogP contribution in [0.15, 0.2) is 11.6 Å². The van der Waals surface area contributed by atoms with E-state index in [9.17, 15) is 9.59 Å². The molecule has 0 fully saturated rings. The molecule has 0 aliphatic heterocycles. The lowest BCUT2D eigenvalue weighted by atomic mass is 9.90. The monoisotopic (exact) mass is 308 g/mol. The number of amides is 2. The Hall–Kier alpha value is -1.32. The molecule has 0 unspecified atom stereocenters. The van der Waals surface area contributed by atoms with E-state index in [0.717, 1.165) is 38.5 Å². The number of hydrogen-bond acceptors (Lipinski definition) is 2. The molecule has 0 aromatic rings. The van der Waals surface area contributed by atoms with Crippen LogP contribution < -0.4 is 10.6 Å². The van der Waals surface area contributed by atoms with Crippen molar-refractivity contribution in [2.24, 2.45) is 5.41 Å². The quantitative estimate of drug-likeness (QED) is 0.390. The van der Waals surface area contributed by atoms with Crippen molar-refractivity contribution in [2.75, 3.05) is 13.1 Å². The summed E-state index contributed by atoms with van der Waals surface area (Å²) in [6.45, 7) is 6.78. The topological polar surface area (TPSA) is 58.2 Å². The molecule has 0 atom stereocenters. The Morgan fingerprint density at radius 2 is 1.77 bits per heavy atom. The zero-order chi connectivity index (χ0) is 16.4. The number of carbonyl (C=O) groups is 2. The third-order valence-corrected chi connectivity index (χ3v) is 4.32. The van der Waals surface area contributed by atoms with E-state index in [4.69, 9.17) is 0 Å². The Kier molecular flexibility index (Phi) is 8.21. The molecule has 0 saturated heterocycles. The minimum atomic E-state index is -1.01. The van der Waals surface area contributed by atoms with Crippen LogP contribution in [0.2, 0.25) is 0 Å². The van der Waals surface area contributed by atoms with Crippen LogP contribution in [0.5, 0.6) is 0 Å². The molecule has 0 bridgehead atoms. The Morgan fingerprint density at radius 3 is 2.36 bits per heavy atom. The molecule has 22 heavy (non-hydrogen) atoms. The summed E-state index contributed by atoms with van der Waals surface area (Å²) in [6.07, 6.45) is 11.2. The van der Waals surface area contributed by atoms with Crippen molar-refractivity contribution in [1.29, 1.82) is 0 Å². The van der Waals surface area contributed by atoms with E-state index in [1.54, 1.807) is 13.8 Å². The molecule has 1 aliphatic rings. The van der Waals surface area contributed by atoms with Crippen molar-refractivity contribution in [3.8, 4) is 0 Å². The summed E-state index contributed by atoms with van der Waals surface area (Å²) in [6, 6.07) is 0. The lowest BCUT2D eigenvalue weighted by molar-refractivity contribution is -0.141. The second-order valence-electron chi connectivity index (χ2n) is 6.70. The van der Waals surface area contributed by atoms with Crippen molar-refractivity contribution in [3.63, 3.8) is 0 Å².